The molecule has 7 heteroatoms. The third-order valence-electron chi connectivity index (χ3n) is 5.24. The number of fused-ring (bicyclic) bond motifs is 3. The molecule has 1 N–H and O–H groups in total. The third kappa shape index (κ3) is 3.76. The minimum Gasteiger partial charge on any atom is -0.379 e. The Balaban J connectivity index is 1.35. The summed E-state index contributed by atoms with van der Waals surface area (Å²) in [5.41, 5.74) is 3.72. The van der Waals surface area contributed by atoms with E-state index >= 15 is 0 Å². The smallest absolute Gasteiger partial charge is 0.251 e. The maximum Gasteiger partial charge on any atom is 0.251 e. The van der Waals surface area contributed by atoms with Gasteiger partial charge in [-0.1, -0.05) is 41.7 Å². The lowest BCUT2D eigenvalue weighted by Gasteiger charge is -2.26. The first kappa shape index (κ1) is 18.3. The maximum atomic E-state index is 12.6. The summed E-state index contributed by atoms with van der Waals surface area (Å²) < 4.78 is 8.56. The molecule has 1 saturated heterocycles. The molecule has 0 radical (unpaired) electrons. The molecule has 0 atom stereocenters. The first-order valence-corrected chi connectivity index (χ1v) is 10.6. The first-order valence-electron chi connectivity index (χ1n) is 9.83. The minimum atomic E-state index is -0.0390. The van der Waals surface area contributed by atoms with Gasteiger partial charge in [0.15, 0.2) is 4.96 Å². The zero-order valence-electron chi connectivity index (χ0n) is 16.0. The van der Waals surface area contributed by atoms with Crippen molar-refractivity contribution in [2.75, 3.05) is 39.4 Å². The van der Waals surface area contributed by atoms with Crippen LogP contribution >= 0.6 is 11.3 Å². The van der Waals surface area contributed by atoms with Crippen LogP contribution in [-0.4, -0.2) is 59.6 Å². The van der Waals surface area contributed by atoms with E-state index in [0.29, 0.717) is 12.1 Å². The van der Waals surface area contributed by atoms with Gasteiger partial charge >= 0.3 is 0 Å². The molecule has 0 aliphatic carbocycles. The van der Waals surface area contributed by atoms with Crippen LogP contribution in [0.5, 0.6) is 0 Å². The second-order valence-corrected chi connectivity index (χ2v) is 8.15. The highest BCUT2D eigenvalue weighted by atomic mass is 32.1. The Bertz CT molecular complexity index is 1150. The van der Waals surface area contributed by atoms with Crippen LogP contribution in [0.1, 0.15) is 10.4 Å². The molecular formula is C22H22N4O2S. The van der Waals surface area contributed by atoms with E-state index in [1.165, 1.54) is 0 Å². The van der Waals surface area contributed by atoms with Crippen LogP contribution in [0.4, 0.5) is 0 Å². The molecule has 3 heterocycles. The number of hydrogen-bond acceptors (Lipinski definition) is 5. The molecule has 5 rings (SSSR count). The SMILES string of the molecule is O=C(NCCN1CCOCC1)c1ccc2sc3nc(-c4ccccc4)cn3c2c1. The van der Waals surface area contributed by atoms with E-state index in [1.807, 2.05) is 42.6 Å². The van der Waals surface area contributed by atoms with Gasteiger partial charge in [-0.15, -0.1) is 0 Å². The Hall–Kier alpha value is -2.74. The first-order chi connectivity index (χ1) is 14.3. The molecule has 2 aromatic carbocycles. The zero-order chi connectivity index (χ0) is 19.6. The molecule has 1 amide bonds. The van der Waals surface area contributed by atoms with Crippen molar-refractivity contribution in [3.05, 3.63) is 60.3 Å². The molecule has 1 aliphatic heterocycles. The van der Waals surface area contributed by atoms with E-state index in [9.17, 15) is 4.79 Å². The van der Waals surface area contributed by atoms with Gasteiger partial charge in [-0.05, 0) is 18.2 Å². The lowest BCUT2D eigenvalue weighted by molar-refractivity contribution is 0.0383. The lowest BCUT2D eigenvalue weighted by atomic mass is 10.2. The summed E-state index contributed by atoms with van der Waals surface area (Å²) >= 11 is 1.64. The number of hydrogen-bond donors (Lipinski definition) is 1. The average molecular weight is 407 g/mol. The summed E-state index contributed by atoms with van der Waals surface area (Å²) in [6, 6.07) is 16.0. The van der Waals surface area contributed by atoms with E-state index in [1.54, 1.807) is 11.3 Å². The Morgan fingerprint density at radius 1 is 1.14 bits per heavy atom. The van der Waals surface area contributed by atoms with E-state index in [4.69, 9.17) is 9.72 Å². The van der Waals surface area contributed by atoms with Crippen LogP contribution in [0.15, 0.2) is 54.7 Å². The van der Waals surface area contributed by atoms with E-state index in [0.717, 1.165) is 59.3 Å². The van der Waals surface area contributed by atoms with Crippen molar-refractivity contribution in [2.24, 2.45) is 0 Å². The van der Waals surface area contributed by atoms with Gasteiger partial charge in [-0.2, -0.15) is 0 Å². The molecule has 1 fully saturated rings. The molecule has 29 heavy (non-hydrogen) atoms. The number of nitrogens with zero attached hydrogens (tertiary/aromatic N) is 3. The third-order valence-corrected chi connectivity index (χ3v) is 6.28. The number of aromatic nitrogens is 2. The standard InChI is InChI=1S/C22H22N4O2S/c27-21(23-8-9-25-10-12-28-13-11-25)17-6-7-20-19(14-17)26-15-18(24-22(26)29-20)16-4-2-1-3-5-16/h1-7,14-15H,8-13H2,(H,23,27). The molecule has 0 unspecified atom stereocenters. The second kappa shape index (κ2) is 7.94. The predicted molar refractivity (Wildman–Crippen MR) is 116 cm³/mol. The molecular weight excluding hydrogens is 384 g/mol. The number of imidazole rings is 1. The number of benzene rings is 2. The summed E-state index contributed by atoms with van der Waals surface area (Å²) in [5.74, 6) is -0.0390. The van der Waals surface area contributed by atoms with Crippen LogP contribution in [-0.2, 0) is 4.74 Å². The molecule has 0 spiro atoms. The highest BCUT2D eigenvalue weighted by molar-refractivity contribution is 7.23. The zero-order valence-corrected chi connectivity index (χ0v) is 16.8. The normalized spacial score (nSPS) is 15.2. The van der Waals surface area contributed by atoms with Crippen LogP contribution in [0, 0.1) is 0 Å². The Kier molecular flexibility index (Phi) is 5.01. The van der Waals surface area contributed by atoms with Gasteiger partial charge in [0.2, 0.25) is 0 Å². The van der Waals surface area contributed by atoms with Crippen molar-refractivity contribution in [1.82, 2.24) is 19.6 Å². The Labute approximate surface area is 172 Å². The van der Waals surface area contributed by atoms with Crippen LogP contribution < -0.4 is 5.32 Å². The van der Waals surface area contributed by atoms with Crippen LogP contribution in [0.3, 0.4) is 0 Å². The van der Waals surface area contributed by atoms with Crippen molar-refractivity contribution in [3.63, 3.8) is 0 Å². The number of rotatable bonds is 5. The number of amides is 1. The molecule has 0 bridgehead atoms. The van der Waals surface area contributed by atoms with Gasteiger partial charge in [0.1, 0.15) is 0 Å². The van der Waals surface area contributed by atoms with Crippen LogP contribution in [0.25, 0.3) is 26.4 Å². The van der Waals surface area contributed by atoms with E-state index < -0.39 is 0 Å². The lowest BCUT2D eigenvalue weighted by Crippen LogP contribution is -2.41. The van der Waals surface area contributed by atoms with Crippen molar-refractivity contribution in [3.8, 4) is 11.3 Å². The van der Waals surface area contributed by atoms with Crippen molar-refractivity contribution in [2.45, 2.75) is 0 Å². The van der Waals surface area contributed by atoms with Gasteiger partial charge < -0.3 is 10.1 Å². The van der Waals surface area contributed by atoms with Gasteiger partial charge in [-0.3, -0.25) is 14.1 Å². The molecule has 4 aromatic rings. The monoisotopic (exact) mass is 406 g/mol. The predicted octanol–water partition coefficient (Wildman–Crippen LogP) is 3.28. The number of thiazole rings is 1. The van der Waals surface area contributed by atoms with Gasteiger partial charge in [0.05, 0.1) is 29.1 Å². The number of ether oxygens (including phenoxy) is 1. The van der Waals surface area contributed by atoms with Crippen molar-refractivity contribution >= 4 is 32.4 Å². The molecule has 6 nitrogen and oxygen atoms in total. The maximum absolute atomic E-state index is 12.6. The number of nitrogens with one attached hydrogen (secondary N) is 1. The molecule has 2 aromatic heterocycles. The highest BCUT2D eigenvalue weighted by Crippen LogP contribution is 2.30. The molecule has 0 saturated carbocycles. The van der Waals surface area contributed by atoms with Gasteiger partial charge in [0, 0.05) is 43.5 Å². The van der Waals surface area contributed by atoms with E-state index in [2.05, 4.69) is 26.8 Å². The van der Waals surface area contributed by atoms with Crippen molar-refractivity contribution < 1.29 is 9.53 Å². The molecule has 1 aliphatic rings. The summed E-state index contributed by atoms with van der Waals surface area (Å²) in [6.07, 6.45) is 2.05. The quantitative estimate of drug-likeness (QED) is 0.553. The Morgan fingerprint density at radius 2 is 1.97 bits per heavy atom. The van der Waals surface area contributed by atoms with Gasteiger partial charge in [0.25, 0.3) is 5.91 Å². The molecule has 148 valence electrons. The average Bonchev–Trinajstić information content (AvgIpc) is 3.33. The fourth-order valence-corrected chi connectivity index (χ4v) is 4.63. The second-order valence-electron chi connectivity index (χ2n) is 7.14. The highest BCUT2D eigenvalue weighted by Gasteiger charge is 2.14. The summed E-state index contributed by atoms with van der Waals surface area (Å²) in [6.45, 7) is 4.89. The topological polar surface area (TPSA) is 58.9 Å². The number of morpholine rings is 1. The largest absolute Gasteiger partial charge is 0.379 e. The van der Waals surface area contributed by atoms with E-state index in [-0.39, 0.29) is 5.91 Å². The fraction of sp³-hybridized carbons (Fsp3) is 0.273. The van der Waals surface area contributed by atoms with Gasteiger partial charge in [-0.25, -0.2) is 4.98 Å². The summed E-state index contributed by atoms with van der Waals surface area (Å²) in [4.78, 5) is 20.6. The number of carbonyl (C=O) groups excluding carboxylic acids is 1. The summed E-state index contributed by atoms with van der Waals surface area (Å²) in [5, 5.41) is 3.04. The minimum absolute atomic E-state index is 0.0390. The van der Waals surface area contributed by atoms with Crippen molar-refractivity contribution in [1.29, 1.82) is 0 Å². The number of carbonyl (C=O) groups is 1. The Morgan fingerprint density at radius 3 is 2.79 bits per heavy atom. The van der Waals surface area contributed by atoms with Crippen LogP contribution in [0.2, 0.25) is 0 Å². The summed E-state index contributed by atoms with van der Waals surface area (Å²) in [7, 11) is 0. The fourth-order valence-electron chi connectivity index (χ4n) is 3.64.